The number of aromatic hydroxyl groups is 1. The number of carboxylic acids is 1. The Morgan fingerprint density at radius 1 is 1.14 bits per heavy atom. The van der Waals surface area contributed by atoms with Crippen LogP contribution in [0.5, 0.6) is 5.75 Å². The van der Waals surface area contributed by atoms with Gasteiger partial charge in [-0.25, -0.2) is 4.79 Å². The number of para-hydroxylation sites is 1. The van der Waals surface area contributed by atoms with E-state index in [1.54, 1.807) is 18.2 Å². The van der Waals surface area contributed by atoms with Crippen LogP contribution in [-0.2, 0) is 11.2 Å². The number of anilines is 1. The Balaban J connectivity index is 2.10. The van der Waals surface area contributed by atoms with E-state index in [2.05, 4.69) is 21.2 Å². The zero-order valence-corrected chi connectivity index (χ0v) is 12.4. The van der Waals surface area contributed by atoms with Crippen LogP contribution in [0.15, 0.2) is 46.9 Å². The van der Waals surface area contributed by atoms with Crippen molar-refractivity contribution < 1.29 is 19.8 Å². The molecule has 0 fully saturated rings. The molecule has 0 saturated heterocycles. The van der Waals surface area contributed by atoms with Crippen LogP contribution in [0.3, 0.4) is 0 Å². The van der Waals surface area contributed by atoms with E-state index in [-0.39, 0.29) is 23.6 Å². The normalized spacial score (nSPS) is 10.1. The Morgan fingerprint density at radius 3 is 2.48 bits per heavy atom. The van der Waals surface area contributed by atoms with E-state index in [0.717, 1.165) is 0 Å². The van der Waals surface area contributed by atoms with E-state index >= 15 is 0 Å². The second-order valence-electron chi connectivity index (χ2n) is 4.35. The number of benzene rings is 2. The summed E-state index contributed by atoms with van der Waals surface area (Å²) in [6.07, 6.45) is 0.0276. The minimum atomic E-state index is -1.04. The molecule has 1 amide bonds. The van der Waals surface area contributed by atoms with Gasteiger partial charge in [0.2, 0.25) is 5.91 Å². The predicted molar refractivity (Wildman–Crippen MR) is 81.5 cm³/mol. The number of carbonyl (C=O) groups excluding carboxylic acids is 1. The van der Waals surface area contributed by atoms with Gasteiger partial charge in [0, 0.05) is 10.0 Å². The standard InChI is InChI=1S/C15H12BrNO4/c16-11-7-10(15(20)21)5-6-12(11)17-14(19)8-9-3-1-2-4-13(9)18/h1-7,18H,8H2,(H,17,19)(H,20,21). The highest BCUT2D eigenvalue weighted by molar-refractivity contribution is 9.10. The monoisotopic (exact) mass is 349 g/mol. The largest absolute Gasteiger partial charge is 0.508 e. The number of amides is 1. The molecular formula is C15H12BrNO4. The van der Waals surface area contributed by atoms with Gasteiger partial charge in [0.1, 0.15) is 5.75 Å². The first-order valence-corrected chi connectivity index (χ1v) is 6.86. The van der Waals surface area contributed by atoms with E-state index in [9.17, 15) is 14.7 Å². The number of hydrogen-bond acceptors (Lipinski definition) is 3. The van der Waals surface area contributed by atoms with Crippen LogP contribution < -0.4 is 5.32 Å². The maximum Gasteiger partial charge on any atom is 0.335 e. The minimum Gasteiger partial charge on any atom is -0.508 e. The molecule has 2 aromatic carbocycles. The molecule has 0 unspecified atom stereocenters. The molecule has 0 aliphatic heterocycles. The number of halogens is 1. The molecule has 0 aliphatic carbocycles. The lowest BCUT2D eigenvalue weighted by Crippen LogP contribution is -2.15. The van der Waals surface area contributed by atoms with E-state index < -0.39 is 5.97 Å². The van der Waals surface area contributed by atoms with Gasteiger partial charge < -0.3 is 15.5 Å². The first-order chi connectivity index (χ1) is 9.97. The van der Waals surface area contributed by atoms with Crippen molar-refractivity contribution in [1.29, 1.82) is 0 Å². The third-order valence-electron chi connectivity index (χ3n) is 2.83. The number of phenols is 1. The molecule has 3 N–H and O–H groups in total. The van der Waals surface area contributed by atoms with Crippen molar-refractivity contribution in [3.05, 3.63) is 58.1 Å². The highest BCUT2D eigenvalue weighted by atomic mass is 79.9. The molecule has 0 atom stereocenters. The van der Waals surface area contributed by atoms with Gasteiger partial charge in [0.25, 0.3) is 0 Å². The lowest BCUT2D eigenvalue weighted by atomic mass is 10.1. The Kier molecular flexibility index (Phi) is 4.59. The van der Waals surface area contributed by atoms with Crippen molar-refractivity contribution in [2.45, 2.75) is 6.42 Å². The highest BCUT2D eigenvalue weighted by Crippen LogP contribution is 2.24. The molecule has 0 heterocycles. The van der Waals surface area contributed by atoms with Crippen LogP contribution in [0.2, 0.25) is 0 Å². The third-order valence-corrected chi connectivity index (χ3v) is 3.49. The van der Waals surface area contributed by atoms with Crippen LogP contribution in [0.25, 0.3) is 0 Å². The van der Waals surface area contributed by atoms with Crippen LogP contribution in [0.4, 0.5) is 5.69 Å². The molecule has 6 heteroatoms. The summed E-state index contributed by atoms with van der Waals surface area (Å²) in [5.74, 6) is -1.28. The number of aromatic carboxylic acids is 1. The lowest BCUT2D eigenvalue weighted by molar-refractivity contribution is -0.115. The number of hydrogen-bond donors (Lipinski definition) is 3. The Labute approximate surface area is 129 Å². The molecule has 0 aliphatic rings. The molecular weight excluding hydrogens is 338 g/mol. The summed E-state index contributed by atoms with van der Waals surface area (Å²) in [5.41, 5.74) is 1.12. The number of phenolic OH excluding ortho intramolecular Hbond substituents is 1. The first kappa shape index (κ1) is 15.1. The van der Waals surface area contributed by atoms with Crippen molar-refractivity contribution in [3.8, 4) is 5.75 Å². The lowest BCUT2D eigenvalue weighted by Gasteiger charge is -2.09. The molecule has 21 heavy (non-hydrogen) atoms. The Bertz CT molecular complexity index is 700. The fraction of sp³-hybridized carbons (Fsp3) is 0.0667. The molecule has 2 aromatic rings. The van der Waals surface area contributed by atoms with Crippen LogP contribution in [-0.4, -0.2) is 22.1 Å². The van der Waals surface area contributed by atoms with Crippen molar-refractivity contribution in [1.82, 2.24) is 0 Å². The maximum absolute atomic E-state index is 11.9. The third kappa shape index (κ3) is 3.82. The van der Waals surface area contributed by atoms with Crippen molar-refractivity contribution in [3.63, 3.8) is 0 Å². The molecule has 0 radical (unpaired) electrons. The van der Waals surface area contributed by atoms with Crippen LogP contribution >= 0.6 is 15.9 Å². The van der Waals surface area contributed by atoms with Gasteiger partial charge in [0.15, 0.2) is 0 Å². The summed E-state index contributed by atoms with van der Waals surface area (Å²) in [7, 11) is 0. The van der Waals surface area contributed by atoms with Gasteiger partial charge in [-0.2, -0.15) is 0 Å². The average Bonchev–Trinajstić information content (AvgIpc) is 2.43. The molecule has 2 rings (SSSR count). The van der Waals surface area contributed by atoms with Crippen molar-refractivity contribution >= 4 is 33.5 Å². The molecule has 0 aromatic heterocycles. The number of carboxylic acid groups (broad SMARTS) is 1. The molecule has 0 spiro atoms. The summed E-state index contributed by atoms with van der Waals surface area (Å²) in [6.45, 7) is 0. The van der Waals surface area contributed by atoms with E-state index in [1.807, 2.05) is 0 Å². The van der Waals surface area contributed by atoms with Gasteiger partial charge in [-0.1, -0.05) is 18.2 Å². The number of nitrogens with one attached hydrogen (secondary N) is 1. The number of rotatable bonds is 4. The molecule has 5 nitrogen and oxygen atoms in total. The fourth-order valence-corrected chi connectivity index (χ4v) is 2.26. The zero-order valence-electron chi connectivity index (χ0n) is 10.8. The first-order valence-electron chi connectivity index (χ1n) is 6.07. The highest BCUT2D eigenvalue weighted by Gasteiger charge is 2.11. The SMILES string of the molecule is O=C(Cc1ccccc1O)Nc1ccc(C(=O)O)cc1Br. The maximum atomic E-state index is 11.9. The second kappa shape index (κ2) is 6.41. The molecule has 108 valence electrons. The van der Waals surface area contributed by atoms with E-state index in [1.165, 1.54) is 24.3 Å². The topological polar surface area (TPSA) is 86.6 Å². The number of carbonyl (C=O) groups is 2. The Hall–Kier alpha value is -2.34. The Morgan fingerprint density at radius 2 is 1.86 bits per heavy atom. The minimum absolute atomic E-state index is 0.0276. The summed E-state index contributed by atoms with van der Waals surface area (Å²) >= 11 is 3.22. The summed E-state index contributed by atoms with van der Waals surface area (Å²) in [5, 5.41) is 21.2. The van der Waals surface area contributed by atoms with Crippen LogP contribution in [0, 0.1) is 0 Å². The van der Waals surface area contributed by atoms with Crippen molar-refractivity contribution in [2.75, 3.05) is 5.32 Å². The van der Waals surface area contributed by atoms with Crippen molar-refractivity contribution in [2.24, 2.45) is 0 Å². The quantitative estimate of drug-likeness (QED) is 0.791. The molecule has 0 bridgehead atoms. The van der Waals surface area contributed by atoms with Gasteiger partial charge in [-0.3, -0.25) is 4.79 Å². The average molecular weight is 350 g/mol. The summed E-state index contributed by atoms with van der Waals surface area (Å²) in [4.78, 5) is 22.8. The van der Waals surface area contributed by atoms with Crippen LogP contribution in [0.1, 0.15) is 15.9 Å². The smallest absolute Gasteiger partial charge is 0.335 e. The zero-order chi connectivity index (χ0) is 15.4. The predicted octanol–water partition coefficient (Wildman–Crippen LogP) is 3.03. The van der Waals surface area contributed by atoms with Gasteiger partial charge in [-0.05, 0) is 40.2 Å². The van der Waals surface area contributed by atoms with Gasteiger partial charge in [-0.15, -0.1) is 0 Å². The van der Waals surface area contributed by atoms with Gasteiger partial charge >= 0.3 is 5.97 Å². The van der Waals surface area contributed by atoms with E-state index in [4.69, 9.17) is 5.11 Å². The summed E-state index contributed by atoms with van der Waals surface area (Å²) < 4.78 is 0.480. The van der Waals surface area contributed by atoms with E-state index in [0.29, 0.717) is 15.7 Å². The second-order valence-corrected chi connectivity index (χ2v) is 5.21. The van der Waals surface area contributed by atoms with Gasteiger partial charge in [0.05, 0.1) is 17.7 Å². The fourth-order valence-electron chi connectivity index (χ4n) is 1.78. The molecule has 0 saturated carbocycles. The summed E-state index contributed by atoms with van der Waals surface area (Å²) in [6, 6.07) is 10.9.